The highest BCUT2D eigenvalue weighted by molar-refractivity contribution is 7.90. The van der Waals surface area contributed by atoms with Crippen LogP contribution in [0.1, 0.15) is 10.4 Å². The van der Waals surface area contributed by atoms with Gasteiger partial charge in [-0.3, -0.25) is 9.69 Å². The molecular weight excluding hydrogens is 401 g/mol. The fourth-order valence-corrected chi connectivity index (χ4v) is 4.23. The van der Waals surface area contributed by atoms with Gasteiger partial charge in [0.15, 0.2) is 15.0 Å². The van der Waals surface area contributed by atoms with Crippen molar-refractivity contribution in [3.05, 3.63) is 53.8 Å². The van der Waals surface area contributed by atoms with Gasteiger partial charge in [0.25, 0.3) is 5.91 Å². The monoisotopic (exact) mass is 421 g/mol. The average Bonchev–Trinajstić information content (AvgIpc) is 3.03. The lowest BCUT2D eigenvalue weighted by Crippen LogP contribution is -2.36. The first-order valence-electron chi connectivity index (χ1n) is 8.48. The van der Waals surface area contributed by atoms with Crippen LogP contribution in [0.15, 0.2) is 47.4 Å². The van der Waals surface area contributed by atoms with E-state index in [0.29, 0.717) is 34.0 Å². The summed E-state index contributed by atoms with van der Waals surface area (Å²) in [6.07, 6.45) is 1.12. The first-order chi connectivity index (χ1) is 13.1. The zero-order valence-corrected chi connectivity index (χ0v) is 17.3. The Bertz CT molecular complexity index is 1110. The second kappa shape index (κ2) is 7.94. The minimum absolute atomic E-state index is 0.152. The predicted molar refractivity (Wildman–Crippen MR) is 109 cm³/mol. The SMILES string of the molecule is CN(C)CCN(C(=O)c1ccc(S(C)(=O)=O)cc1)c1nc2ccc(F)cc2s1. The van der Waals surface area contributed by atoms with Crippen molar-refractivity contribution in [2.75, 3.05) is 38.3 Å². The normalized spacial score (nSPS) is 11.9. The molecule has 148 valence electrons. The van der Waals surface area contributed by atoms with Crippen molar-refractivity contribution in [2.24, 2.45) is 0 Å². The largest absolute Gasteiger partial charge is 0.308 e. The number of thiazole rings is 1. The van der Waals surface area contributed by atoms with Crippen LogP contribution in [0.5, 0.6) is 0 Å². The molecular formula is C19H20FN3O3S2. The number of nitrogens with zero attached hydrogens (tertiary/aromatic N) is 3. The highest BCUT2D eigenvalue weighted by atomic mass is 32.2. The van der Waals surface area contributed by atoms with Crippen molar-refractivity contribution in [3.63, 3.8) is 0 Å². The maximum atomic E-state index is 13.5. The summed E-state index contributed by atoms with van der Waals surface area (Å²) in [7, 11) is 0.462. The van der Waals surface area contributed by atoms with Gasteiger partial charge in [-0.05, 0) is 56.6 Å². The molecule has 0 saturated carbocycles. The summed E-state index contributed by atoms with van der Waals surface area (Å²) in [5, 5.41) is 0.472. The molecule has 0 unspecified atom stereocenters. The third-order valence-electron chi connectivity index (χ3n) is 4.12. The van der Waals surface area contributed by atoms with Crippen molar-refractivity contribution < 1.29 is 17.6 Å². The molecule has 0 aliphatic rings. The maximum absolute atomic E-state index is 13.5. The molecule has 0 N–H and O–H groups in total. The van der Waals surface area contributed by atoms with Crippen LogP contribution in [0, 0.1) is 5.82 Å². The Morgan fingerprint density at radius 1 is 1.11 bits per heavy atom. The Morgan fingerprint density at radius 3 is 2.39 bits per heavy atom. The zero-order valence-electron chi connectivity index (χ0n) is 15.7. The average molecular weight is 422 g/mol. The minimum atomic E-state index is -3.34. The van der Waals surface area contributed by atoms with E-state index in [1.165, 1.54) is 52.6 Å². The number of amides is 1. The summed E-state index contributed by atoms with van der Waals surface area (Å²) in [6, 6.07) is 10.1. The third-order valence-corrected chi connectivity index (χ3v) is 6.29. The fraction of sp³-hybridized carbons (Fsp3) is 0.263. The molecule has 2 aromatic carbocycles. The molecule has 0 fully saturated rings. The summed E-state index contributed by atoms with van der Waals surface area (Å²) in [6.45, 7) is 0.999. The molecule has 1 aromatic heterocycles. The van der Waals surface area contributed by atoms with E-state index in [9.17, 15) is 17.6 Å². The molecule has 9 heteroatoms. The van der Waals surface area contributed by atoms with Crippen molar-refractivity contribution in [1.29, 1.82) is 0 Å². The Balaban J connectivity index is 1.97. The second-order valence-electron chi connectivity index (χ2n) is 6.67. The maximum Gasteiger partial charge on any atom is 0.260 e. The first kappa shape index (κ1) is 20.4. The lowest BCUT2D eigenvalue weighted by atomic mass is 10.2. The number of fused-ring (bicyclic) bond motifs is 1. The third kappa shape index (κ3) is 4.54. The highest BCUT2D eigenvalue weighted by Crippen LogP contribution is 2.30. The van der Waals surface area contributed by atoms with Crippen molar-refractivity contribution >= 4 is 42.4 Å². The smallest absolute Gasteiger partial charge is 0.260 e. The fourth-order valence-electron chi connectivity index (χ4n) is 2.59. The topological polar surface area (TPSA) is 70.6 Å². The predicted octanol–water partition coefficient (Wildman–Crippen LogP) is 3.05. The number of aromatic nitrogens is 1. The van der Waals surface area contributed by atoms with Gasteiger partial charge in [-0.15, -0.1) is 0 Å². The van der Waals surface area contributed by atoms with Crippen LogP contribution in [-0.2, 0) is 9.84 Å². The van der Waals surface area contributed by atoms with E-state index in [4.69, 9.17) is 0 Å². The van der Waals surface area contributed by atoms with Crippen molar-refractivity contribution in [2.45, 2.75) is 4.90 Å². The van der Waals surface area contributed by atoms with Gasteiger partial charge in [-0.25, -0.2) is 17.8 Å². The molecule has 0 spiro atoms. The van der Waals surface area contributed by atoms with E-state index in [1.54, 1.807) is 6.07 Å². The number of likely N-dealkylation sites (N-methyl/N-ethyl adjacent to an activating group) is 1. The molecule has 0 aliphatic heterocycles. The van der Waals surface area contributed by atoms with E-state index in [0.717, 1.165) is 6.26 Å². The molecule has 0 atom stereocenters. The van der Waals surface area contributed by atoms with Gasteiger partial charge in [0.1, 0.15) is 5.82 Å². The number of hydrogen-bond donors (Lipinski definition) is 0. The van der Waals surface area contributed by atoms with E-state index in [-0.39, 0.29) is 16.6 Å². The second-order valence-corrected chi connectivity index (χ2v) is 9.69. The van der Waals surface area contributed by atoms with Gasteiger partial charge >= 0.3 is 0 Å². The number of halogens is 1. The Morgan fingerprint density at radius 2 is 1.79 bits per heavy atom. The van der Waals surface area contributed by atoms with Gasteiger partial charge in [-0.2, -0.15) is 0 Å². The molecule has 1 heterocycles. The molecule has 28 heavy (non-hydrogen) atoms. The number of hydrogen-bond acceptors (Lipinski definition) is 6. The van der Waals surface area contributed by atoms with Crippen LogP contribution in [0.25, 0.3) is 10.2 Å². The molecule has 3 rings (SSSR count). The molecule has 0 bridgehead atoms. The molecule has 3 aromatic rings. The van der Waals surface area contributed by atoms with Gasteiger partial charge in [0.2, 0.25) is 0 Å². The van der Waals surface area contributed by atoms with Crippen LogP contribution in [0.4, 0.5) is 9.52 Å². The lowest BCUT2D eigenvalue weighted by Gasteiger charge is -2.22. The Hall–Kier alpha value is -2.36. The molecule has 6 nitrogen and oxygen atoms in total. The van der Waals surface area contributed by atoms with Crippen LogP contribution in [-0.4, -0.2) is 57.6 Å². The van der Waals surface area contributed by atoms with E-state index in [1.807, 2.05) is 19.0 Å². The lowest BCUT2D eigenvalue weighted by molar-refractivity contribution is 0.0985. The minimum Gasteiger partial charge on any atom is -0.308 e. The Labute approximate surface area is 167 Å². The Kier molecular flexibility index (Phi) is 5.78. The van der Waals surface area contributed by atoms with E-state index < -0.39 is 9.84 Å². The molecule has 1 amide bonds. The number of sulfone groups is 1. The summed E-state index contributed by atoms with van der Waals surface area (Å²) in [5.41, 5.74) is 0.980. The standard InChI is InChI=1S/C19H20FN3O3S2/c1-22(2)10-11-23(19-21-16-9-6-14(20)12-17(16)27-19)18(24)13-4-7-15(8-5-13)28(3,25)26/h4-9,12H,10-11H2,1-3H3. The molecule has 0 aliphatic carbocycles. The number of carbonyl (C=O) groups is 1. The van der Waals surface area contributed by atoms with Crippen LogP contribution in [0.2, 0.25) is 0 Å². The van der Waals surface area contributed by atoms with Crippen LogP contribution >= 0.6 is 11.3 Å². The number of benzene rings is 2. The highest BCUT2D eigenvalue weighted by Gasteiger charge is 2.22. The van der Waals surface area contributed by atoms with E-state index >= 15 is 0 Å². The van der Waals surface area contributed by atoms with E-state index in [2.05, 4.69) is 4.98 Å². The quantitative estimate of drug-likeness (QED) is 0.612. The van der Waals surface area contributed by atoms with Gasteiger partial charge < -0.3 is 4.90 Å². The summed E-state index contributed by atoms with van der Waals surface area (Å²) >= 11 is 1.24. The van der Waals surface area contributed by atoms with Crippen LogP contribution in [0.3, 0.4) is 0 Å². The summed E-state index contributed by atoms with van der Waals surface area (Å²) in [4.78, 5) is 21.2. The number of rotatable bonds is 6. The zero-order chi connectivity index (χ0) is 20.5. The molecule has 0 saturated heterocycles. The molecule has 0 radical (unpaired) electrons. The van der Waals surface area contributed by atoms with Gasteiger partial charge in [0, 0.05) is 24.9 Å². The summed E-state index contributed by atoms with van der Waals surface area (Å²) < 4.78 is 37.4. The van der Waals surface area contributed by atoms with Crippen LogP contribution < -0.4 is 4.90 Å². The van der Waals surface area contributed by atoms with Gasteiger partial charge in [0.05, 0.1) is 15.1 Å². The van der Waals surface area contributed by atoms with Gasteiger partial charge in [-0.1, -0.05) is 11.3 Å². The number of anilines is 1. The van der Waals surface area contributed by atoms with Crippen molar-refractivity contribution in [1.82, 2.24) is 9.88 Å². The number of carbonyl (C=O) groups excluding carboxylic acids is 1. The first-order valence-corrected chi connectivity index (χ1v) is 11.2. The summed E-state index contributed by atoms with van der Waals surface area (Å²) in [5.74, 6) is -0.647. The van der Waals surface area contributed by atoms with Crippen molar-refractivity contribution in [3.8, 4) is 0 Å².